The summed E-state index contributed by atoms with van der Waals surface area (Å²) in [4.78, 5) is 2.46. The van der Waals surface area contributed by atoms with Gasteiger partial charge in [-0.3, -0.25) is 4.90 Å². The van der Waals surface area contributed by atoms with Crippen LogP contribution in [0.3, 0.4) is 0 Å². The largest absolute Gasteiger partial charge is 0.312 e. The molecule has 21 heavy (non-hydrogen) atoms. The molecule has 0 aliphatic carbocycles. The lowest BCUT2D eigenvalue weighted by Gasteiger charge is -2.34. The monoisotopic (exact) mass is 317 g/mol. The van der Waals surface area contributed by atoms with Crippen molar-refractivity contribution in [2.45, 2.75) is 52.1 Å². The Bertz CT molecular complexity index is 446. The van der Waals surface area contributed by atoms with Gasteiger partial charge in [-0.25, -0.2) is 13.1 Å². The second-order valence-electron chi connectivity index (χ2n) is 7.00. The summed E-state index contributed by atoms with van der Waals surface area (Å²) < 4.78 is 25.3. The third-order valence-electron chi connectivity index (χ3n) is 3.64. The van der Waals surface area contributed by atoms with Crippen LogP contribution in [0, 0.1) is 0 Å². The standard InChI is InChI=1S/C15H31N3O2S/c1-13(2)6-9-18-10-7-14(8-11-18)16-12-15(3,4)17-21(5,19)20/h6,14,16-17H,7-12H2,1-5H3. The molecule has 0 aromatic carbocycles. The van der Waals surface area contributed by atoms with Crippen molar-refractivity contribution in [3.63, 3.8) is 0 Å². The Morgan fingerprint density at radius 1 is 1.29 bits per heavy atom. The topological polar surface area (TPSA) is 61.4 Å². The van der Waals surface area contributed by atoms with Crippen molar-refractivity contribution in [2.75, 3.05) is 32.4 Å². The molecule has 1 rings (SSSR count). The van der Waals surface area contributed by atoms with E-state index in [-0.39, 0.29) is 0 Å². The molecule has 0 aromatic heterocycles. The summed E-state index contributed by atoms with van der Waals surface area (Å²) in [5.74, 6) is 0. The van der Waals surface area contributed by atoms with E-state index >= 15 is 0 Å². The molecule has 0 atom stereocenters. The lowest BCUT2D eigenvalue weighted by molar-refractivity contribution is 0.209. The van der Waals surface area contributed by atoms with Gasteiger partial charge in [0.1, 0.15) is 0 Å². The number of sulfonamides is 1. The summed E-state index contributed by atoms with van der Waals surface area (Å²) in [7, 11) is -3.16. The maximum atomic E-state index is 11.3. The lowest BCUT2D eigenvalue weighted by Crippen LogP contribution is -2.53. The SMILES string of the molecule is CC(C)=CCN1CCC(NCC(C)(C)NS(C)(=O)=O)CC1. The Morgan fingerprint density at radius 2 is 1.86 bits per heavy atom. The predicted octanol–water partition coefficient (Wildman–Crippen LogP) is 1.33. The highest BCUT2D eigenvalue weighted by Gasteiger charge is 2.24. The second kappa shape index (κ2) is 7.72. The molecule has 6 heteroatoms. The maximum Gasteiger partial charge on any atom is 0.209 e. The number of hydrogen-bond acceptors (Lipinski definition) is 4. The van der Waals surface area contributed by atoms with Crippen LogP contribution < -0.4 is 10.0 Å². The highest BCUT2D eigenvalue weighted by molar-refractivity contribution is 7.88. The third-order valence-corrected chi connectivity index (χ3v) is 4.56. The smallest absolute Gasteiger partial charge is 0.209 e. The molecule has 1 heterocycles. The molecule has 0 aromatic rings. The fourth-order valence-electron chi connectivity index (χ4n) is 2.57. The van der Waals surface area contributed by atoms with Gasteiger partial charge in [-0.1, -0.05) is 11.6 Å². The Kier molecular flexibility index (Phi) is 6.84. The van der Waals surface area contributed by atoms with Gasteiger partial charge >= 0.3 is 0 Å². The number of hydrogen-bond donors (Lipinski definition) is 2. The van der Waals surface area contributed by atoms with Crippen LogP contribution >= 0.6 is 0 Å². The van der Waals surface area contributed by atoms with Crippen LogP contribution in [0.25, 0.3) is 0 Å². The summed E-state index contributed by atoms with van der Waals surface area (Å²) in [6.07, 6.45) is 5.71. The van der Waals surface area contributed by atoms with Crippen LogP contribution in [0.5, 0.6) is 0 Å². The Morgan fingerprint density at radius 3 is 2.33 bits per heavy atom. The Labute approximate surface area is 130 Å². The van der Waals surface area contributed by atoms with Crippen LogP contribution in [0.4, 0.5) is 0 Å². The van der Waals surface area contributed by atoms with Gasteiger partial charge in [0, 0.05) is 24.7 Å². The fourth-order valence-corrected chi connectivity index (χ4v) is 3.64. The normalized spacial score (nSPS) is 18.7. The molecule has 0 radical (unpaired) electrons. The minimum absolute atomic E-state index is 0.452. The molecule has 0 unspecified atom stereocenters. The molecular formula is C15H31N3O2S. The number of likely N-dealkylation sites (tertiary alicyclic amines) is 1. The highest BCUT2D eigenvalue weighted by Crippen LogP contribution is 2.12. The van der Waals surface area contributed by atoms with Crippen molar-refractivity contribution in [3.05, 3.63) is 11.6 Å². The van der Waals surface area contributed by atoms with Crippen LogP contribution in [0.1, 0.15) is 40.5 Å². The zero-order chi connectivity index (χ0) is 16.1. The van der Waals surface area contributed by atoms with Crippen molar-refractivity contribution in [2.24, 2.45) is 0 Å². The van der Waals surface area contributed by atoms with Crippen molar-refractivity contribution < 1.29 is 8.42 Å². The van der Waals surface area contributed by atoms with Gasteiger partial charge in [0.25, 0.3) is 0 Å². The van der Waals surface area contributed by atoms with Crippen LogP contribution in [-0.2, 0) is 10.0 Å². The van der Waals surface area contributed by atoms with Gasteiger partial charge in [0.2, 0.25) is 10.0 Å². The number of allylic oxidation sites excluding steroid dienone is 1. The van der Waals surface area contributed by atoms with Crippen molar-refractivity contribution in [1.82, 2.24) is 14.9 Å². The van der Waals surface area contributed by atoms with E-state index in [4.69, 9.17) is 0 Å². The quantitative estimate of drug-likeness (QED) is 0.696. The van der Waals surface area contributed by atoms with E-state index in [9.17, 15) is 8.42 Å². The number of nitrogens with zero attached hydrogens (tertiary/aromatic N) is 1. The van der Waals surface area contributed by atoms with Crippen molar-refractivity contribution >= 4 is 10.0 Å². The van der Waals surface area contributed by atoms with Crippen molar-refractivity contribution in [1.29, 1.82) is 0 Å². The number of nitrogens with one attached hydrogen (secondary N) is 2. The second-order valence-corrected chi connectivity index (χ2v) is 8.74. The van der Waals surface area contributed by atoms with Gasteiger partial charge in [0.15, 0.2) is 0 Å². The number of piperidine rings is 1. The van der Waals surface area contributed by atoms with Gasteiger partial charge in [-0.05, 0) is 53.6 Å². The molecule has 0 bridgehead atoms. The summed E-state index contributed by atoms with van der Waals surface area (Å²) in [5, 5.41) is 3.50. The molecule has 0 amide bonds. The summed E-state index contributed by atoms with van der Waals surface area (Å²) in [6, 6.07) is 0.480. The van der Waals surface area contributed by atoms with E-state index in [1.807, 2.05) is 13.8 Å². The van der Waals surface area contributed by atoms with Crippen LogP contribution in [0.2, 0.25) is 0 Å². The first kappa shape index (κ1) is 18.6. The summed E-state index contributed by atoms with van der Waals surface area (Å²) >= 11 is 0. The van der Waals surface area contributed by atoms with E-state index in [1.54, 1.807) is 0 Å². The third kappa shape index (κ3) is 8.56. The molecule has 1 aliphatic heterocycles. The van der Waals surface area contributed by atoms with E-state index in [0.29, 0.717) is 12.6 Å². The first-order valence-electron chi connectivity index (χ1n) is 7.65. The summed E-state index contributed by atoms with van der Waals surface area (Å²) in [5.41, 5.74) is 0.913. The van der Waals surface area contributed by atoms with E-state index < -0.39 is 15.6 Å². The lowest BCUT2D eigenvalue weighted by atomic mass is 10.0. The minimum Gasteiger partial charge on any atom is -0.312 e. The average Bonchev–Trinajstić information content (AvgIpc) is 2.32. The average molecular weight is 317 g/mol. The van der Waals surface area contributed by atoms with Gasteiger partial charge < -0.3 is 5.32 Å². The highest BCUT2D eigenvalue weighted by atomic mass is 32.2. The maximum absolute atomic E-state index is 11.3. The molecule has 0 saturated carbocycles. The van der Waals surface area contributed by atoms with E-state index in [1.165, 1.54) is 11.8 Å². The molecule has 0 spiro atoms. The van der Waals surface area contributed by atoms with Gasteiger partial charge in [0.05, 0.1) is 6.26 Å². The van der Waals surface area contributed by atoms with Crippen molar-refractivity contribution in [3.8, 4) is 0 Å². The zero-order valence-electron chi connectivity index (χ0n) is 14.1. The molecule has 1 aliphatic rings. The Hall–Kier alpha value is -0.430. The predicted molar refractivity (Wildman–Crippen MR) is 89.0 cm³/mol. The first-order valence-corrected chi connectivity index (χ1v) is 9.55. The first-order chi connectivity index (χ1) is 9.57. The van der Waals surface area contributed by atoms with Gasteiger partial charge in [-0.15, -0.1) is 0 Å². The Balaban J connectivity index is 2.31. The minimum atomic E-state index is -3.16. The summed E-state index contributed by atoms with van der Waals surface area (Å²) in [6.45, 7) is 12.0. The van der Waals surface area contributed by atoms with Crippen LogP contribution in [0.15, 0.2) is 11.6 Å². The fraction of sp³-hybridized carbons (Fsp3) is 0.867. The zero-order valence-corrected chi connectivity index (χ0v) is 14.9. The molecule has 1 saturated heterocycles. The molecular weight excluding hydrogens is 286 g/mol. The molecule has 5 nitrogen and oxygen atoms in total. The number of rotatable bonds is 7. The molecule has 2 N–H and O–H groups in total. The van der Waals surface area contributed by atoms with Gasteiger partial charge in [-0.2, -0.15) is 0 Å². The molecule has 1 fully saturated rings. The molecule has 124 valence electrons. The van der Waals surface area contributed by atoms with Crippen LogP contribution in [-0.4, -0.2) is 57.3 Å². The van der Waals surface area contributed by atoms with E-state index in [0.717, 1.165) is 32.5 Å². The van der Waals surface area contributed by atoms with E-state index in [2.05, 4.69) is 34.9 Å².